The van der Waals surface area contributed by atoms with Crippen molar-refractivity contribution in [2.45, 2.75) is 6.04 Å². The molecule has 3 heterocycles. The van der Waals surface area contributed by atoms with Crippen LogP contribution < -0.4 is 0 Å². The zero-order valence-electron chi connectivity index (χ0n) is 17.2. The molecule has 32 heavy (non-hydrogen) atoms. The predicted molar refractivity (Wildman–Crippen MR) is 128 cm³/mol. The number of thiazole rings is 1. The molecule has 0 radical (unpaired) electrons. The molecule has 1 aliphatic rings. The number of halogens is 1. The van der Waals surface area contributed by atoms with Crippen LogP contribution in [0.4, 0.5) is 0 Å². The molecule has 8 heteroatoms. The van der Waals surface area contributed by atoms with Crippen molar-refractivity contribution in [1.82, 2.24) is 19.4 Å². The van der Waals surface area contributed by atoms with Gasteiger partial charge in [-0.1, -0.05) is 54.1 Å². The summed E-state index contributed by atoms with van der Waals surface area (Å²) in [6, 6.07) is 17.1. The molecule has 0 unspecified atom stereocenters. The van der Waals surface area contributed by atoms with Crippen LogP contribution in [0, 0.1) is 5.41 Å². The average molecular weight is 462 g/mol. The number of hydrogen-bond donors (Lipinski definition) is 2. The number of nitrogens with zero attached hydrogens (tertiary/aromatic N) is 4. The zero-order chi connectivity index (χ0) is 22.2. The lowest BCUT2D eigenvalue weighted by molar-refractivity contribution is 0.312. The number of rotatable bonds is 5. The second-order valence-corrected chi connectivity index (χ2v) is 8.85. The Morgan fingerprint density at radius 3 is 2.56 bits per heavy atom. The summed E-state index contributed by atoms with van der Waals surface area (Å²) in [5.41, 5.74) is 3.19. The summed E-state index contributed by atoms with van der Waals surface area (Å²) in [6.45, 7) is 0.219. The Hall–Kier alpha value is -3.42. The number of imidazole rings is 1. The fraction of sp³-hybridized carbons (Fsp3) is 0.125. The standard InChI is InChI=1S/C24H20ClN5OS/c1-29-12-11-27-23(29)21(16-5-3-2-4-6-16)30-13-19(31)20(22(30)26)24-28-18(14-32-24)15-7-9-17(25)10-8-15/h2-12,14,21,26,31H,13H2,1H3/t21-/m0/s1. The molecule has 160 valence electrons. The van der Waals surface area contributed by atoms with Gasteiger partial charge >= 0.3 is 0 Å². The summed E-state index contributed by atoms with van der Waals surface area (Å²) in [6.07, 6.45) is 3.64. The quantitative estimate of drug-likeness (QED) is 0.408. The van der Waals surface area contributed by atoms with Gasteiger partial charge in [0, 0.05) is 35.4 Å². The van der Waals surface area contributed by atoms with Gasteiger partial charge in [0.1, 0.15) is 28.5 Å². The molecule has 0 aliphatic carbocycles. The number of aryl methyl sites for hydroxylation is 1. The van der Waals surface area contributed by atoms with Crippen LogP contribution in [-0.4, -0.2) is 36.9 Å². The molecule has 0 fully saturated rings. The van der Waals surface area contributed by atoms with Crippen molar-refractivity contribution in [3.8, 4) is 11.3 Å². The minimum atomic E-state index is -0.306. The summed E-state index contributed by atoms with van der Waals surface area (Å²) in [4.78, 5) is 11.1. The van der Waals surface area contributed by atoms with E-state index in [0.717, 1.165) is 22.6 Å². The Morgan fingerprint density at radius 2 is 1.88 bits per heavy atom. The van der Waals surface area contributed by atoms with Gasteiger partial charge in [-0.15, -0.1) is 11.3 Å². The maximum absolute atomic E-state index is 10.9. The van der Waals surface area contributed by atoms with Crippen molar-refractivity contribution in [2.24, 2.45) is 7.05 Å². The molecule has 0 bridgehead atoms. The Morgan fingerprint density at radius 1 is 1.12 bits per heavy atom. The number of hydrogen-bond acceptors (Lipinski definition) is 5. The first kappa shape index (κ1) is 20.5. The van der Waals surface area contributed by atoms with Gasteiger partial charge in [-0.3, -0.25) is 5.41 Å². The van der Waals surface area contributed by atoms with E-state index < -0.39 is 0 Å². The van der Waals surface area contributed by atoms with E-state index in [9.17, 15) is 5.11 Å². The summed E-state index contributed by atoms with van der Waals surface area (Å²) in [7, 11) is 1.94. The topological polar surface area (TPSA) is 78.0 Å². The molecule has 0 spiro atoms. The fourth-order valence-electron chi connectivity index (χ4n) is 3.93. The molecule has 5 rings (SSSR count). The molecule has 0 saturated carbocycles. The Kier molecular flexibility index (Phi) is 5.28. The molecule has 2 aromatic carbocycles. The van der Waals surface area contributed by atoms with Crippen molar-refractivity contribution in [1.29, 1.82) is 5.41 Å². The van der Waals surface area contributed by atoms with Gasteiger partial charge in [0.15, 0.2) is 0 Å². The number of nitrogens with one attached hydrogen (secondary N) is 1. The largest absolute Gasteiger partial charge is 0.510 e. The van der Waals surface area contributed by atoms with E-state index >= 15 is 0 Å². The van der Waals surface area contributed by atoms with Gasteiger partial charge in [-0.05, 0) is 17.7 Å². The van der Waals surface area contributed by atoms with Crippen LogP contribution in [0.5, 0.6) is 0 Å². The van der Waals surface area contributed by atoms with Crippen molar-refractivity contribution in [2.75, 3.05) is 6.54 Å². The predicted octanol–water partition coefficient (Wildman–Crippen LogP) is 5.55. The van der Waals surface area contributed by atoms with E-state index in [1.165, 1.54) is 11.3 Å². The van der Waals surface area contributed by atoms with Gasteiger partial charge < -0.3 is 14.6 Å². The number of aliphatic hydroxyl groups is 1. The van der Waals surface area contributed by atoms with Crippen LogP contribution in [0.3, 0.4) is 0 Å². The van der Waals surface area contributed by atoms with Crippen LogP contribution in [0.15, 0.2) is 78.1 Å². The van der Waals surface area contributed by atoms with Gasteiger partial charge in [0.05, 0.1) is 17.8 Å². The molecule has 1 aliphatic heterocycles. The molecule has 1 atom stereocenters. The third-order valence-corrected chi connectivity index (χ3v) is 6.63. The second-order valence-electron chi connectivity index (χ2n) is 7.55. The lowest BCUT2D eigenvalue weighted by atomic mass is 10.0. The highest BCUT2D eigenvalue weighted by Crippen LogP contribution is 2.38. The van der Waals surface area contributed by atoms with E-state index in [4.69, 9.17) is 22.0 Å². The summed E-state index contributed by atoms with van der Waals surface area (Å²) >= 11 is 7.41. The first-order chi connectivity index (χ1) is 15.5. The maximum atomic E-state index is 10.9. The van der Waals surface area contributed by atoms with Gasteiger partial charge in [0.25, 0.3) is 0 Å². The number of aromatic nitrogens is 3. The fourth-order valence-corrected chi connectivity index (χ4v) is 4.95. The summed E-state index contributed by atoms with van der Waals surface area (Å²) < 4.78 is 1.95. The van der Waals surface area contributed by atoms with Crippen molar-refractivity contribution < 1.29 is 5.11 Å². The average Bonchev–Trinajstić information content (AvgIpc) is 3.50. The van der Waals surface area contributed by atoms with Crippen molar-refractivity contribution in [3.05, 3.63) is 99.5 Å². The highest BCUT2D eigenvalue weighted by atomic mass is 35.5. The molecule has 2 N–H and O–H groups in total. The molecule has 0 saturated heterocycles. The number of aliphatic hydroxyl groups excluding tert-OH is 1. The van der Waals surface area contributed by atoms with Crippen LogP contribution in [0.25, 0.3) is 16.8 Å². The molecule has 6 nitrogen and oxygen atoms in total. The zero-order valence-corrected chi connectivity index (χ0v) is 18.8. The van der Waals surface area contributed by atoms with E-state index in [1.54, 1.807) is 6.20 Å². The Balaban J connectivity index is 1.50. The van der Waals surface area contributed by atoms with E-state index in [-0.39, 0.29) is 24.2 Å². The lowest BCUT2D eigenvalue weighted by Crippen LogP contribution is -2.33. The smallest absolute Gasteiger partial charge is 0.135 e. The second kappa shape index (κ2) is 8.26. The molecule has 0 amide bonds. The van der Waals surface area contributed by atoms with E-state index in [0.29, 0.717) is 15.6 Å². The summed E-state index contributed by atoms with van der Waals surface area (Å²) in [5, 5.41) is 23.0. The first-order valence-corrected chi connectivity index (χ1v) is 11.3. The van der Waals surface area contributed by atoms with Crippen LogP contribution in [0.1, 0.15) is 22.4 Å². The van der Waals surface area contributed by atoms with Crippen LogP contribution >= 0.6 is 22.9 Å². The minimum Gasteiger partial charge on any atom is -0.510 e. The molecule has 4 aromatic rings. The van der Waals surface area contributed by atoms with Crippen LogP contribution in [-0.2, 0) is 7.05 Å². The first-order valence-electron chi connectivity index (χ1n) is 10.0. The molecule has 2 aromatic heterocycles. The van der Waals surface area contributed by atoms with Gasteiger partial charge in [-0.2, -0.15) is 0 Å². The lowest BCUT2D eigenvalue weighted by Gasteiger charge is -2.29. The molecular formula is C24H20ClN5OS. The van der Waals surface area contributed by atoms with Gasteiger partial charge in [0.2, 0.25) is 0 Å². The van der Waals surface area contributed by atoms with Crippen molar-refractivity contribution >= 4 is 34.3 Å². The van der Waals surface area contributed by atoms with Gasteiger partial charge in [-0.25, -0.2) is 9.97 Å². The monoisotopic (exact) mass is 461 g/mol. The normalized spacial score (nSPS) is 14.9. The van der Waals surface area contributed by atoms with Crippen molar-refractivity contribution in [3.63, 3.8) is 0 Å². The maximum Gasteiger partial charge on any atom is 0.135 e. The highest BCUT2D eigenvalue weighted by molar-refractivity contribution is 7.11. The third kappa shape index (κ3) is 3.59. The molecular weight excluding hydrogens is 442 g/mol. The van der Waals surface area contributed by atoms with E-state index in [1.807, 2.05) is 82.7 Å². The minimum absolute atomic E-state index is 0.141. The SMILES string of the molecule is Cn1ccnc1[C@H](c1ccccc1)N1CC(O)=C(c2nc(-c3ccc(Cl)cc3)cs2)C1=N. The van der Waals surface area contributed by atoms with E-state index in [2.05, 4.69) is 4.98 Å². The van der Waals surface area contributed by atoms with Crippen LogP contribution in [0.2, 0.25) is 5.02 Å². The Labute approximate surface area is 194 Å². The number of amidine groups is 1. The third-order valence-electron chi connectivity index (χ3n) is 5.52. The summed E-state index contributed by atoms with van der Waals surface area (Å²) in [5.74, 6) is 1.18. The highest BCUT2D eigenvalue weighted by Gasteiger charge is 2.37. The Bertz CT molecular complexity index is 1310. The number of benzene rings is 2.